The minimum Gasteiger partial charge on any atom is -0.368 e. The standard InChI is InChI=1S/C11H14ClNO/c1-8-6-13-7-11(14-8)9-3-2-4-10(12)5-9/h2-5,8,11,13H,6-7H2,1H3/t8-,11?/m1/s1. The van der Waals surface area contributed by atoms with E-state index < -0.39 is 0 Å². The van der Waals surface area contributed by atoms with Crippen LogP contribution in [0.5, 0.6) is 0 Å². The van der Waals surface area contributed by atoms with Gasteiger partial charge in [-0.2, -0.15) is 0 Å². The molecule has 0 aromatic heterocycles. The van der Waals surface area contributed by atoms with Crippen molar-refractivity contribution in [2.45, 2.75) is 19.1 Å². The van der Waals surface area contributed by atoms with Gasteiger partial charge >= 0.3 is 0 Å². The largest absolute Gasteiger partial charge is 0.368 e. The normalized spacial score (nSPS) is 27.6. The zero-order valence-corrected chi connectivity index (χ0v) is 8.92. The summed E-state index contributed by atoms with van der Waals surface area (Å²) in [6.07, 6.45) is 0.408. The molecule has 0 spiro atoms. The molecule has 1 N–H and O–H groups in total. The number of morpholine rings is 1. The van der Waals surface area contributed by atoms with E-state index in [-0.39, 0.29) is 12.2 Å². The molecule has 1 aromatic rings. The number of hydrogen-bond acceptors (Lipinski definition) is 2. The highest BCUT2D eigenvalue weighted by Gasteiger charge is 2.20. The van der Waals surface area contributed by atoms with Crippen molar-refractivity contribution in [1.82, 2.24) is 5.32 Å². The third-order valence-corrected chi connectivity index (χ3v) is 2.61. The molecule has 2 atom stereocenters. The van der Waals surface area contributed by atoms with Gasteiger partial charge in [0.1, 0.15) is 0 Å². The van der Waals surface area contributed by atoms with Crippen molar-refractivity contribution in [3.8, 4) is 0 Å². The fourth-order valence-electron chi connectivity index (χ4n) is 1.70. The van der Waals surface area contributed by atoms with E-state index in [1.807, 2.05) is 18.2 Å². The first kappa shape index (κ1) is 9.97. The van der Waals surface area contributed by atoms with Crippen molar-refractivity contribution in [3.63, 3.8) is 0 Å². The second-order valence-corrected chi connectivity index (χ2v) is 4.09. The van der Waals surface area contributed by atoms with E-state index in [9.17, 15) is 0 Å². The highest BCUT2D eigenvalue weighted by atomic mass is 35.5. The first-order chi connectivity index (χ1) is 6.75. The lowest BCUT2D eigenvalue weighted by Crippen LogP contribution is -2.38. The van der Waals surface area contributed by atoms with Crippen LogP contribution >= 0.6 is 11.6 Å². The van der Waals surface area contributed by atoms with Crippen LogP contribution < -0.4 is 5.32 Å². The Labute approximate surface area is 89.2 Å². The molecule has 3 heteroatoms. The Kier molecular flexibility index (Phi) is 3.06. The summed E-state index contributed by atoms with van der Waals surface area (Å²) in [5, 5.41) is 4.10. The molecule has 14 heavy (non-hydrogen) atoms. The molecule has 0 saturated carbocycles. The van der Waals surface area contributed by atoms with E-state index in [0.29, 0.717) is 0 Å². The predicted molar refractivity (Wildman–Crippen MR) is 57.6 cm³/mol. The maximum absolute atomic E-state index is 5.92. The Morgan fingerprint density at radius 2 is 2.29 bits per heavy atom. The van der Waals surface area contributed by atoms with Crippen LogP contribution in [-0.2, 0) is 4.74 Å². The van der Waals surface area contributed by atoms with Crippen molar-refractivity contribution < 1.29 is 4.74 Å². The molecule has 1 saturated heterocycles. The van der Waals surface area contributed by atoms with Crippen molar-refractivity contribution in [2.75, 3.05) is 13.1 Å². The monoisotopic (exact) mass is 211 g/mol. The molecule has 2 rings (SSSR count). The van der Waals surface area contributed by atoms with E-state index in [1.54, 1.807) is 0 Å². The number of halogens is 1. The molecule has 0 radical (unpaired) electrons. The maximum atomic E-state index is 5.92. The van der Waals surface area contributed by atoms with E-state index in [2.05, 4.69) is 18.3 Å². The van der Waals surface area contributed by atoms with Crippen LogP contribution in [0.2, 0.25) is 5.02 Å². The van der Waals surface area contributed by atoms with Gasteiger partial charge < -0.3 is 10.1 Å². The van der Waals surface area contributed by atoms with Gasteiger partial charge in [-0.15, -0.1) is 0 Å². The summed E-state index contributed by atoms with van der Waals surface area (Å²) in [6.45, 7) is 3.87. The molecule has 0 aliphatic carbocycles. The molecule has 76 valence electrons. The smallest absolute Gasteiger partial charge is 0.0954 e. The van der Waals surface area contributed by atoms with Crippen molar-refractivity contribution in [3.05, 3.63) is 34.9 Å². The van der Waals surface area contributed by atoms with Crippen molar-refractivity contribution in [2.24, 2.45) is 0 Å². The minimum absolute atomic E-state index is 0.137. The second kappa shape index (κ2) is 4.30. The minimum atomic E-state index is 0.137. The quantitative estimate of drug-likeness (QED) is 0.770. The summed E-state index contributed by atoms with van der Waals surface area (Å²) < 4.78 is 5.81. The lowest BCUT2D eigenvalue weighted by atomic mass is 10.1. The third-order valence-electron chi connectivity index (χ3n) is 2.38. The average Bonchev–Trinajstić information content (AvgIpc) is 2.18. The second-order valence-electron chi connectivity index (χ2n) is 3.65. The van der Waals surface area contributed by atoms with Gasteiger partial charge in [-0.3, -0.25) is 0 Å². The number of benzene rings is 1. The van der Waals surface area contributed by atoms with E-state index in [1.165, 1.54) is 0 Å². The van der Waals surface area contributed by atoms with Gasteiger partial charge in [0.2, 0.25) is 0 Å². The molecular weight excluding hydrogens is 198 g/mol. The van der Waals surface area contributed by atoms with Crippen LogP contribution in [0, 0.1) is 0 Å². The van der Waals surface area contributed by atoms with Gasteiger partial charge in [0.15, 0.2) is 0 Å². The highest BCUT2D eigenvalue weighted by Crippen LogP contribution is 2.23. The van der Waals surface area contributed by atoms with Crippen molar-refractivity contribution in [1.29, 1.82) is 0 Å². The Hall–Kier alpha value is -0.570. The molecule has 0 amide bonds. The maximum Gasteiger partial charge on any atom is 0.0954 e. The summed E-state index contributed by atoms with van der Waals surface area (Å²) in [7, 11) is 0. The highest BCUT2D eigenvalue weighted by molar-refractivity contribution is 6.30. The molecule has 1 fully saturated rings. The number of ether oxygens (including phenoxy) is 1. The van der Waals surface area contributed by atoms with Crippen molar-refractivity contribution >= 4 is 11.6 Å². The van der Waals surface area contributed by atoms with Gasteiger partial charge in [0.25, 0.3) is 0 Å². The predicted octanol–water partition coefficient (Wildman–Crippen LogP) is 2.39. The zero-order chi connectivity index (χ0) is 9.97. The first-order valence-corrected chi connectivity index (χ1v) is 5.25. The summed E-state index contributed by atoms with van der Waals surface area (Å²) in [5.41, 5.74) is 1.15. The van der Waals surface area contributed by atoms with Crippen LogP contribution in [0.1, 0.15) is 18.6 Å². The van der Waals surface area contributed by atoms with E-state index >= 15 is 0 Å². The third kappa shape index (κ3) is 2.27. The molecule has 0 bridgehead atoms. The first-order valence-electron chi connectivity index (χ1n) is 4.87. The molecule has 1 aromatic carbocycles. The lowest BCUT2D eigenvalue weighted by molar-refractivity contribution is -0.0287. The Balaban J connectivity index is 2.14. The number of nitrogens with one attached hydrogen (secondary N) is 1. The SMILES string of the molecule is C[C@@H]1CNCC(c2cccc(Cl)c2)O1. The topological polar surface area (TPSA) is 21.3 Å². The Morgan fingerprint density at radius 1 is 1.43 bits per heavy atom. The fraction of sp³-hybridized carbons (Fsp3) is 0.455. The molecule has 2 nitrogen and oxygen atoms in total. The number of rotatable bonds is 1. The summed E-state index contributed by atoms with van der Waals surface area (Å²) >= 11 is 5.92. The fourth-order valence-corrected chi connectivity index (χ4v) is 1.90. The van der Waals surface area contributed by atoms with Gasteiger partial charge in [0.05, 0.1) is 12.2 Å². The Morgan fingerprint density at radius 3 is 3.00 bits per heavy atom. The van der Waals surface area contributed by atoms with Gasteiger partial charge in [-0.05, 0) is 24.6 Å². The van der Waals surface area contributed by atoms with Crippen LogP contribution in [0.4, 0.5) is 0 Å². The molecular formula is C11H14ClNO. The van der Waals surface area contributed by atoms with Gasteiger partial charge in [-0.1, -0.05) is 23.7 Å². The number of hydrogen-bond donors (Lipinski definition) is 1. The zero-order valence-electron chi connectivity index (χ0n) is 8.16. The van der Waals surface area contributed by atoms with E-state index in [0.717, 1.165) is 23.7 Å². The summed E-state index contributed by atoms with van der Waals surface area (Å²) in [6, 6.07) is 7.85. The van der Waals surface area contributed by atoms with Crippen LogP contribution in [0.25, 0.3) is 0 Å². The van der Waals surface area contributed by atoms with Crippen LogP contribution in [0.15, 0.2) is 24.3 Å². The Bertz CT molecular complexity index is 316. The van der Waals surface area contributed by atoms with Gasteiger partial charge in [-0.25, -0.2) is 0 Å². The molecule has 1 heterocycles. The molecule has 1 aliphatic rings. The van der Waals surface area contributed by atoms with Gasteiger partial charge in [0, 0.05) is 18.1 Å². The molecule has 1 unspecified atom stereocenters. The summed E-state index contributed by atoms with van der Waals surface area (Å²) in [5.74, 6) is 0. The van der Waals surface area contributed by atoms with Crippen LogP contribution in [0.3, 0.4) is 0 Å². The lowest BCUT2D eigenvalue weighted by Gasteiger charge is -2.29. The van der Waals surface area contributed by atoms with E-state index in [4.69, 9.17) is 16.3 Å². The molecule has 1 aliphatic heterocycles. The van der Waals surface area contributed by atoms with Crippen LogP contribution in [-0.4, -0.2) is 19.2 Å². The summed E-state index contributed by atoms with van der Waals surface area (Å²) in [4.78, 5) is 0. The average molecular weight is 212 g/mol.